The average Bonchev–Trinajstić information content (AvgIpc) is 3.45. The van der Waals surface area contributed by atoms with Gasteiger partial charge in [0.15, 0.2) is 5.82 Å². The second-order valence-corrected chi connectivity index (χ2v) is 8.48. The molecule has 0 saturated carbocycles. The summed E-state index contributed by atoms with van der Waals surface area (Å²) < 4.78 is 8.17. The number of fused-ring (bicyclic) bond motifs is 4. The van der Waals surface area contributed by atoms with E-state index in [2.05, 4.69) is 62.1 Å². The van der Waals surface area contributed by atoms with Gasteiger partial charge in [0, 0.05) is 39.2 Å². The molecule has 1 atom stereocenters. The second kappa shape index (κ2) is 7.08. The van der Waals surface area contributed by atoms with Crippen LogP contribution in [0.2, 0.25) is 0 Å². The maximum atomic E-state index is 5.86. The lowest BCUT2D eigenvalue weighted by Gasteiger charge is -2.20. The fourth-order valence-corrected chi connectivity index (χ4v) is 5.12. The molecule has 2 aromatic carbocycles. The number of aromatic nitrogens is 3. The second-order valence-electron chi connectivity index (χ2n) is 8.48. The molecule has 5 nitrogen and oxygen atoms in total. The highest BCUT2D eigenvalue weighted by Gasteiger charge is 2.27. The van der Waals surface area contributed by atoms with E-state index in [0.717, 1.165) is 70.1 Å². The van der Waals surface area contributed by atoms with Gasteiger partial charge >= 0.3 is 0 Å². The highest BCUT2D eigenvalue weighted by molar-refractivity contribution is 5.76. The van der Waals surface area contributed by atoms with Gasteiger partial charge in [-0.15, -0.1) is 10.2 Å². The predicted octanol–water partition coefficient (Wildman–Crippen LogP) is 3.76. The van der Waals surface area contributed by atoms with Gasteiger partial charge in [-0.2, -0.15) is 0 Å². The van der Waals surface area contributed by atoms with Crippen molar-refractivity contribution < 1.29 is 4.74 Å². The lowest BCUT2D eigenvalue weighted by molar-refractivity contribution is 0.101. The first kappa shape index (κ1) is 17.4. The fraction of sp³-hybridized carbons (Fsp3) is 0.417. The summed E-state index contributed by atoms with van der Waals surface area (Å²) >= 11 is 0. The van der Waals surface area contributed by atoms with Crippen LogP contribution in [-0.2, 0) is 30.7 Å². The smallest absolute Gasteiger partial charge is 0.162 e. The first-order valence-corrected chi connectivity index (χ1v) is 10.8. The van der Waals surface area contributed by atoms with Crippen LogP contribution in [0.3, 0.4) is 0 Å². The van der Waals surface area contributed by atoms with Crippen molar-refractivity contribution in [2.24, 2.45) is 0 Å². The molecule has 0 N–H and O–H groups in total. The summed E-state index contributed by atoms with van der Waals surface area (Å²) in [4.78, 5) is 2.55. The van der Waals surface area contributed by atoms with Crippen LogP contribution < -0.4 is 0 Å². The number of rotatable bonds is 3. The fourth-order valence-electron chi connectivity index (χ4n) is 5.12. The van der Waals surface area contributed by atoms with Gasteiger partial charge in [0.1, 0.15) is 11.9 Å². The molecule has 3 heterocycles. The standard InChI is InChI=1S/C24H26N4O/c1-2-5-20-18(4-1)15-19-14-17(7-8-21(19)20)16-27-10-9-23-25-26-24(28(23)12-11-27)22-6-3-13-29-22/h1-2,4-5,7-8,14,22H,3,6,9-13,15-16H2/t22-/m1/s1. The molecule has 0 unspecified atom stereocenters. The first-order chi connectivity index (χ1) is 14.3. The van der Waals surface area contributed by atoms with E-state index in [1.807, 2.05) is 0 Å². The molecule has 1 fully saturated rings. The molecular formula is C24H26N4O. The zero-order valence-electron chi connectivity index (χ0n) is 16.7. The van der Waals surface area contributed by atoms with Crippen LogP contribution >= 0.6 is 0 Å². The van der Waals surface area contributed by atoms with Gasteiger partial charge in [-0.05, 0) is 47.1 Å². The Hall–Kier alpha value is -2.50. The highest BCUT2D eigenvalue weighted by Crippen LogP contribution is 2.37. The van der Waals surface area contributed by atoms with Crippen LogP contribution in [0.5, 0.6) is 0 Å². The monoisotopic (exact) mass is 386 g/mol. The molecule has 148 valence electrons. The minimum atomic E-state index is 0.140. The largest absolute Gasteiger partial charge is 0.370 e. The third-order valence-corrected chi connectivity index (χ3v) is 6.63. The van der Waals surface area contributed by atoms with Crippen LogP contribution in [-0.4, -0.2) is 39.4 Å². The SMILES string of the molecule is c1ccc2c(c1)Cc1cc(CN3CCc4nnc([C@H]5CCCO5)n4CC3)ccc1-2. The van der Waals surface area contributed by atoms with E-state index < -0.39 is 0 Å². The van der Waals surface area contributed by atoms with Crippen molar-refractivity contribution in [3.63, 3.8) is 0 Å². The molecule has 6 rings (SSSR count). The number of hydrogen-bond donors (Lipinski definition) is 0. The molecule has 0 radical (unpaired) electrons. The van der Waals surface area contributed by atoms with Crippen molar-refractivity contribution in [1.82, 2.24) is 19.7 Å². The van der Waals surface area contributed by atoms with Crippen molar-refractivity contribution in [3.05, 3.63) is 70.8 Å². The van der Waals surface area contributed by atoms with Crippen molar-refractivity contribution in [1.29, 1.82) is 0 Å². The zero-order valence-corrected chi connectivity index (χ0v) is 16.7. The van der Waals surface area contributed by atoms with Gasteiger partial charge in [0.05, 0.1) is 0 Å². The third-order valence-electron chi connectivity index (χ3n) is 6.63. The predicted molar refractivity (Wildman–Crippen MR) is 112 cm³/mol. The van der Waals surface area contributed by atoms with E-state index in [1.165, 1.54) is 27.8 Å². The van der Waals surface area contributed by atoms with Crippen molar-refractivity contribution in [3.8, 4) is 11.1 Å². The van der Waals surface area contributed by atoms with E-state index >= 15 is 0 Å². The van der Waals surface area contributed by atoms with Gasteiger partial charge in [-0.25, -0.2) is 0 Å². The molecule has 0 bridgehead atoms. The van der Waals surface area contributed by atoms with E-state index in [4.69, 9.17) is 4.74 Å². The topological polar surface area (TPSA) is 43.2 Å². The molecule has 1 saturated heterocycles. The number of nitrogens with zero attached hydrogens (tertiary/aromatic N) is 4. The Labute approximate surface area is 171 Å². The minimum Gasteiger partial charge on any atom is -0.370 e. The van der Waals surface area contributed by atoms with Gasteiger partial charge in [-0.3, -0.25) is 4.90 Å². The summed E-state index contributed by atoms with van der Waals surface area (Å²) in [5.74, 6) is 2.15. The van der Waals surface area contributed by atoms with Gasteiger partial charge in [-0.1, -0.05) is 42.5 Å². The molecule has 3 aromatic rings. The molecule has 1 aromatic heterocycles. The Morgan fingerprint density at radius 3 is 2.83 bits per heavy atom. The van der Waals surface area contributed by atoms with E-state index in [-0.39, 0.29) is 6.10 Å². The maximum absolute atomic E-state index is 5.86. The van der Waals surface area contributed by atoms with Crippen molar-refractivity contribution >= 4 is 0 Å². The highest BCUT2D eigenvalue weighted by atomic mass is 16.5. The van der Waals surface area contributed by atoms with Gasteiger partial charge in [0.25, 0.3) is 0 Å². The maximum Gasteiger partial charge on any atom is 0.162 e. The number of ether oxygens (including phenoxy) is 1. The lowest BCUT2D eigenvalue weighted by Crippen LogP contribution is -2.27. The molecule has 3 aliphatic rings. The summed E-state index contributed by atoms with van der Waals surface area (Å²) in [5, 5.41) is 8.94. The number of benzene rings is 2. The van der Waals surface area contributed by atoms with Crippen molar-refractivity contribution in [2.45, 2.75) is 44.9 Å². The molecule has 2 aliphatic heterocycles. The molecule has 29 heavy (non-hydrogen) atoms. The van der Waals surface area contributed by atoms with Crippen LogP contribution in [0.15, 0.2) is 42.5 Å². The van der Waals surface area contributed by atoms with E-state index in [9.17, 15) is 0 Å². The molecule has 5 heteroatoms. The average molecular weight is 386 g/mol. The Morgan fingerprint density at radius 2 is 1.90 bits per heavy atom. The third kappa shape index (κ3) is 3.09. The molecular weight excluding hydrogens is 360 g/mol. The number of hydrogen-bond acceptors (Lipinski definition) is 4. The van der Waals surface area contributed by atoms with Crippen molar-refractivity contribution in [2.75, 3.05) is 19.7 Å². The Morgan fingerprint density at radius 1 is 0.966 bits per heavy atom. The summed E-state index contributed by atoms with van der Waals surface area (Å²) in [5.41, 5.74) is 7.15. The minimum absolute atomic E-state index is 0.140. The lowest BCUT2D eigenvalue weighted by atomic mass is 10.0. The molecule has 0 spiro atoms. The summed E-state index contributed by atoms with van der Waals surface area (Å²) in [6.45, 7) is 4.86. The van der Waals surface area contributed by atoms with Crippen LogP contribution in [0, 0.1) is 0 Å². The van der Waals surface area contributed by atoms with Gasteiger partial charge < -0.3 is 9.30 Å². The van der Waals surface area contributed by atoms with Crippen LogP contribution in [0.4, 0.5) is 0 Å². The van der Waals surface area contributed by atoms with Crippen LogP contribution in [0.1, 0.15) is 47.3 Å². The Kier molecular flexibility index (Phi) is 4.24. The van der Waals surface area contributed by atoms with Crippen LogP contribution in [0.25, 0.3) is 11.1 Å². The molecule has 0 amide bonds. The normalized spacial score (nSPS) is 20.9. The summed E-state index contributed by atoms with van der Waals surface area (Å²) in [6.07, 6.45) is 4.35. The molecule has 1 aliphatic carbocycles. The van der Waals surface area contributed by atoms with E-state index in [0.29, 0.717) is 0 Å². The first-order valence-electron chi connectivity index (χ1n) is 10.8. The van der Waals surface area contributed by atoms with Gasteiger partial charge in [0.2, 0.25) is 0 Å². The van der Waals surface area contributed by atoms with E-state index in [1.54, 1.807) is 0 Å². The Balaban J connectivity index is 1.17. The summed E-state index contributed by atoms with van der Waals surface area (Å²) in [6, 6.07) is 15.8. The summed E-state index contributed by atoms with van der Waals surface area (Å²) in [7, 11) is 0. The Bertz CT molecular complexity index is 1050. The quantitative estimate of drug-likeness (QED) is 0.538. The zero-order chi connectivity index (χ0) is 19.2.